The lowest BCUT2D eigenvalue weighted by Crippen LogP contribution is -2.33. The maximum Gasteiger partial charge on any atom is 0.308 e. The Morgan fingerprint density at radius 1 is 1.35 bits per heavy atom. The average Bonchev–Trinajstić information content (AvgIpc) is 2.72. The zero-order valence-corrected chi connectivity index (χ0v) is 12.2. The molecule has 108 valence electrons. The van der Waals surface area contributed by atoms with Crippen molar-refractivity contribution in [3.8, 4) is 5.75 Å². The highest BCUT2D eigenvalue weighted by Gasteiger charge is 2.44. The molecule has 1 aliphatic heterocycles. The van der Waals surface area contributed by atoms with Gasteiger partial charge in [-0.2, -0.15) is 0 Å². The van der Waals surface area contributed by atoms with Crippen molar-refractivity contribution in [1.82, 2.24) is 5.32 Å². The maximum absolute atomic E-state index is 11.1. The third kappa shape index (κ3) is 2.47. The first-order valence-electron chi connectivity index (χ1n) is 7.70. The van der Waals surface area contributed by atoms with Gasteiger partial charge in [0.05, 0.1) is 0 Å². The van der Waals surface area contributed by atoms with Gasteiger partial charge in [-0.1, -0.05) is 18.6 Å². The quantitative estimate of drug-likeness (QED) is 0.665. The van der Waals surface area contributed by atoms with Crippen LogP contribution in [0.15, 0.2) is 24.3 Å². The minimum atomic E-state index is -0.245. The van der Waals surface area contributed by atoms with Crippen molar-refractivity contribution >= 4 is 5.97 Å². The van der Waals surface area contributed by atoms with E-state index in [-0.39, 0.29) is 5.97 Å². The van der Waals surface area contributed by atoms with Gasteiger partial charge in [0.1, 0.15) is 5.75 Å². The van der Waals surface area contributed by atoms with E-state index in [1.165, 1.54) is 44.6 Å². The van der Waals surface area contributed by atoms with E-state index in [0.717, 1.165) is 19.0 Å². The predicted octanol–water partition coefficient (Wildman–Crippen LogP) is 3.03. The molecule has 2 aliphatic rings. The van der Waals surface area contributed by atoms with Crippen molar-refractivity contribution in [2.24, 2.45) is 5.92 Å². The van der Waals surface area contributed by atoms with Crippen LogP contribution in [0.1, 0.15) is 44.6 Å². The van der Waals surface area contributed by atoms with E-state index >= 15 is 0 Å². The van der Waals surface area contributed by atoms with Crippen LogP contribution in [0.5, 0.6) is 5.75 Å². The zero-order valence-electron chi connectivity index (χ0n) is 12.2. The molecule has 0 bridgehead atoms. The fraction of sp³-hybridized carbons (Fsp3) is 0.588. The highest BCUT2D eigenvalue weighted by atomic mass is 16.5. The Morgan fingerprint density at radius 3 is 3.05 bits per heavy atom. The largest absolute Gasteiger partial charge is 0.427 e. The van der Waals surface area contributed by atoms with E-state index in [1.807, 2.05) is 12.1 Å². The number of hydrogen-bond acceptors (Lipinski definition) is 3. The van der Waals surface area contributed by atoms with Gasteiger partial charge >= 0.3 is 5.97 Å². The van der Waals surface area contributed by atoms with E-state index in [1.54, 1.807) is 0 Å². The van der Waals surface area contributed by atoms with Crippen molar-refractivity contribution in [2.75, 3.05) is 13.1 Å². The summed E-state index contributed by atoms with van der Waals surface area (Å²) in [6, 6.07) is 8.21. The summed E-state index contributed by atoms with van der Waals surface area (Å²) in [5.41, 5.74) is 1.65. The summed E-state index contributed by atoms with van der Waals surface area (Å²) in [6.07, 6.45) is 6.36. The fourth-order valence-electron chi connectivity index (χ4n) is 4.14. The van der Waals surface area contributed by atoms with Gasteiger partial charge in [0.25, 0.3) is 0 Å². The van der Waals surface area contributed by atoms with Crippen LogP contribution >= 0.6 is 0 Å². The summed E-state index contributed by atoms with van der Waals surface area (Å²) in [6.45, 7) is 3.71. The molecule has 1 saturated heterocycles. The second-order valence-corrected chi connectivity index (χ2v) is 6.17. The lowest BCUT2D eigenvalue weighted by atomic mass is 9.70. The third-order valence-corrected chi connectivity index (χ3v) is 4.99. The van der Waals surface area contributed by atoms with Crippen LogP contribution < -0.4 is 10.1 Å². The third-order valence-electron chi connectivity index (χ3n) is 4.99. The van der Waals surface area contributed by atoms with Crippen LogP contribution in [0.3, 0.4) is 0 Å². The molecule has 2 unspecified atom stereocenters. The first kappa shape index (κ1) is 13.6. The van der Waals surface area contributed by atoms with Crippen molar-refractivity contribution in [1.29, 1.82) is 0 Å². The highest BCUT2D eigenvalue weighted by Crippen LogP contribution is 2.49. The highest BCUT2D eigenvalue weighted by molar-refractivity contribution is 5.69. The Kier molecular flexibility index (Phi) is 3.79. The Hall–Kier alpha value is -1.35. The van der Waals surface area contributed by atoms with E-state index in [9.17, 15) is 4.79 Å². The summed E-state index contributed by atoms with van der Waals surface area (Å²) in [5.74, 6) is 1.16. The number of esters is 1. The minimum absolute atomic E-state index is 0.245. The molecule has 1 N–H and O–H groups in total. The van der Waals surface area contributed by atoms with Gasteiger partial charge in [-0.05, 0) is 67.8 Å². The van der Waals surface area contributed by atoms with Crippen molar-refractivity contribution < 1.29 is 9.53 Å². The first-order valence-corrected chi connectivity index (χ1v) is 7.70. The molecule has 2 atom stereocenters. The molecule has 0 spiro atoms. The van der Waals surface area contributed by atoms with E-state index in [0.29, 0.717) is 11.2 Å². The van der Waals surface area contributed by atoms with E-state index < -0.39 is 0 Å². The molecule has 20 heavy (non-hydrogen) atoms. The summed E-state index contributed by atoms with van der Waals surface area (Å²) in [7, 11) is 0. The summed E-state index contributed by atoms with van der Waals surface area (Å²) in [5, 5.41) is 3.57. The summed E-state index contributed by atoms with van der Waals surface area (Å²) >= 11 is 0. The maximum atomic E-state index is 11.1. The molecule has 3 nitrogen and oxygen atoms in total. The Labute approximate surface area is 120 Å². The number of nitrogens with one attached hydrogen (secondary N) is 1. The molecular weight excluding hydrogens is 250 g/mol. The number of hydrogen-bond donors (Lipinski definition) is 1. The van der Waals surface area contributed by atoms with E-state index in [4.69, 9.17) is 4.74 Å². The number of carbonyl (C=O) groups excluding carboxylic acids is 1. The van der Waals surface area contributed by atoms with Crippen molar-refractivity contribution in [2.45, 2.75) is 44.4 Å². The topological polar surface area (TPSA) is 38.3 Å². The van der Waals surface area contributed by atoms with Crippen LogP contribution in [0.25, 0.3) is 0 Å². The Morgan fingerprint density at radius 2 is 2.20 bits per heavy atom. The van der Waals surface area contributed by atoms with Gasteiger partial charge in [0, 0.05) is 6.92 Å². The van der Waals surface area contributed by atoms with Gasteiger partial charge < -0.3 is 10.1 Å². The molecule has 0 radical (unpaired) electrons. The van der Waals surface area contributed by atoms with Gasteiger partial charge in [-0.15, -0.1) is 0 Å². The van der Waals surface area contributed by atoms with Crippen LogP contribution in [0.4, 0.5) is 0 Å². The summed E-state index contributed by atoms with van der Waals surface area (Å²) < 4.78 is 5.27. The smallest absolute Gasteiger partial charge is 0.308 e. The molecule has 3 heteroatoms. The lowest BCUT2D eigenvalue weighted by molar-refractivity contribution is -0.131. The molecule has 1 saturated carbocycles. The van der Waals surface area contributed by atoms with Gasteiger partial charge in [-0.25, -0.2) is 0 Å². The number of ether oxygens (including phenoxy) is 1. The Bertz CT molecular complexity index is 500. The minimum Gasteiger partial charge on any atom is -0.427 e. The second-order valence-electron chi connectivity index (χ2n) is 6.17. The number of fused-ring (bicyclic) bond motifs is 1. The lowest BCUT2D eigenvalue weighted by Gasteiger charge is -2.35. The normalized spacial score (nSPS) is 29.6. The standard InChI is InChI=1S/C17H23NO2/c1-13(19)20-16-7-2-5-14(11-16)17-8-3-6-15(17)12-18-10-4-9-17/h2,5,7,11,15,18H,3-4,6,8-10,12H2,1H3. The van der Waals surface area contributed by atoms with Crippen LogP contribution in [-0.2, 0) is 10.2 Å². The molecular formula is C17H23NO2. The van der Waals surface area contributed by atoms with E-state index in [2.05, 4.69) is 17.4 Å². The van der Waals surface area contributed by atoms with Crippen molar-refractivity contribution in [3.63, 3.8) is 0 Å². The number of benzene rings is 1. The summed E-state index contributed by atoms with van der Waals surface area (Å²) in [4.78, 5) is 11.1. The first-order chi connectivity index (χ1) is 9.71. The molecule has 2 fully saturated rings. The molecule has 0 aromatic heterocycles. The zero-order chi connectivity index (χ0) is 14.0. The molecule has 1 aromatic rings. The predicted molar refractivity (Wildman–Crippen MR) is 78.9 cm³/mol. The number of carbonyl (C=O) groups is 1. The van der Waals surface area contributed by atoms with Gasteiger partial charge in [0.2, 0.25) is 0 Å². The van der Waals surface area contributed by atoms with Crippen LogP contribution in [0, 0.1) is 5.92 Å². The Balaban J connectivity index is 1.94. The van der Waals surface area contributed by atoms with Crippen molar-refractivity contribution in [3.05, 3.63) is 29.8 Å². The van der Waals surface area contributed by atoms with Crippen LogP contribution in [0.2, 0.25) is 0 Å². The number of rotatable bonds is 2. The molecule has 3 rings (SSSR count). The fourth-order valence-corrected chi connectivity index (χ4v) is 4.14. The SMILES string of the molecule is CC(=O)Oc1cccc(C23CCCNCC2CCC3)c1. The second kappa shape index (κ2) is 5.57. The van der Waals surface area contributed by atoms with Crippen LogP contribution in [-0.4, -0.2) is 19.1 Å². The molecule has 0 amide bonds. The molecule has 1 aromatic carbocycles. The van der Waals surface area contributed by atoms with Gasteiger partial charge in [-0.3, -0.25) is 4.79 Å². The monoisotopic (exact) mass is 273 g/mol. The molecule has 1 aliphatic carbocycles. The molecule has 1 heterocycles. The van der Waals surface area contributed by atoms with Gasteiger partial charge in [0.15, 0.2) is 0 Å². The average molecular weight is 273 g/mol.